The minimum atomic E-state index is -3.90. The van der Waals surface area contributed by atoms with Gasteiger partial charge in [-0.2, -0.15) is 0 Å². The fourth-order valence-electron chi connectivity index (χ4n) is 3.63. The summed E-state index contributed by atoms with van der Waals surface area (Å²) >= 11 is 6.14. The second-order valence-electron chi connectivity index (χ2n) is 7.73. The Kier molecular flexibility index (Phi) is 6.90. The number of rotatable bonds is 7. The van der Waals surface area contributed by atoms with E-state index in [9.17, 15) is 13.2 Å². The van der Waals surface area contributed by atoms with Crippen LogP contribution < -0.4 is 19.5 Å². The molecule has 2 aromatic rings. The van der Waals surface area contributed by atoms with Crippen LogP contribution in [0.15, 0.2) is 41.3 Å². The molecular weight excluding hydrogens is 456 g/mol. The Morgan fingerprint density at radius 1 is 1.12 bits per heavy atom. The minimum Gasteiger partial charge on any atom is -0.486 e. The maximum absolute atomic E-state index is 12.8. The van der Waals surface area contributed by atoms with Crippen molar-refractivity contribution in [3.8, 4) is 11.5 Å². The van der Waals surface area contributed by atoms with Crippen molar-refractivity contribution in [2.45, 2.75) is 36.8 Å². The lowest BCUT2D eigenvalue weighted by Gasteiger charge is -2.21. The molecule has 1 fully saturated rings. The van der Waals surface area contributed by atoms with E-state index < -0.39 is 15.9 Å². The van der Waals surface area contributed by atoms with Gasteiger partial charge in [0.2, 0.25) is 10.0 Å². The quantitative estimate of drug-likeness (QED) is 0.631. The van der Waals surface area contributed by atoms with E-state index in [0.29, 0.717) is 31.3 Å². The highest BCUT2D eigenvalue weighted by Gasteiger charge is 2.24. The molecule has 0 aromatic heterocycles. The molecule has 0 spiro atoms. The third-order valence-electron chi connectivity index (χ3n) is 5.42. The molecule has 2 N–H and O–H groups in total. The molecule has 0 saturated carbocycles. The van der Waals surface area contributed by atoms with E-state index in [1.807, 2.05) is 19.1 Å². The largest absolute Gasteiger partial charge is 0.486 e. The van der Waals surface area contributed by atoms with Crippen LogP contribution in [0.1, 0.15) is 41.7 Å². The Morgan fingerprint density at radius 2 is 1.91 bits per heavy atom. The molecule has 1 amide bonds. The molecule has 2 unspecified atom stereocenters. The summed E-state index contributed by atoms with van der Waals surface area (Å²) in [6, 6.07) is 9.33. The Morgan fingerprint density at radius 3 is 2.66 bits per heavy atom. The number of amides is 1. The SMILES string of the molecule is CC(NC(=O)c1ccc(Cl)c(S(=O)(=O)NCC2CCCO2)c1)c1ccc2c(c1)OCCO2. The van der Waals surface area contributed by atoms with Gasteiger partial charge in [-0.05, 0) is 55.7 Å². The molecule has 1 saturated heterocycles. The van der Waals surface area contributed by atoms with Gasteiger partial charge >= 0.3 is 0 Å². The zero-order valence-corrected chi connectivity index (χ0v) is 19.2. The van der Waals surface area contributed by atoms with Crippen LogP contribution in [-0.4, -0.2) is 46.8 Å². The van der Waals surface area contributed by atoms with Crippen LogP contribution in [0.25, 0.3) is 0 Å². The summed E-state index contributed by atoms with van der Waals surface area (Å²) in [4.78, 5) is 12.7. The summed E-state index contributed by atoms with van der Waals surface area (Å²) in [7, 11) is -3.90. The van der Waals surface area contributed by atoms with Crippen molar-refractivity contribution in [2.24, 2.45) is 0 Å². The summed E-state index contributed by atoms with van der Waals surface area (Å²) in [5.74, 6) is 0.883. The lowest BCUT2D eigenvalue weighted by Crippen LogP contribution is -2.32. The predicted molar refractivity (Wildman–Crippen MR) is 119 cm³/mol. The molecule has 4 rings (SSSR count). The molecule has 2 aromatic carbocycles. The maximum Gasteiger partial charge on any atom is 0.251 e. The van der Waals surface area contributed by atoms with E-state index in [-0.39, 0.29) is 34.2 Å². The van der Waals surface area contributed by atoms with Gasteiger partial charge in [-0.15, -0.1) is 0 Å². The van der Waals surface area contributed by atoms with Crippen molar-refractivity contribution in [2.75, 3.05) is 26.4 Å². The Hall–Kier alpha value is -2.33. The molecule has 0 radical (unpaired) electrons. The van der Waals surface area contributed by atoms with Crippen molar-refractivity contribution in [1.82, 2.24) is 10.0 Å². The molecule has 172 valence electrons. The highest BCUT2D eigenvalue weighted by atomic mass is 35.5. The van der Waals surface area contributed by atoms with E-state index >= 15 is 0 Å². The van der Waals surface area contributed by atoms with Crippen LogP contribution in [-0.2, 0) is 14.8 Å². The van der Waals surface area contributed by atoms with Gasteiger partial charge in [0.15, 0.2) is 11.5 Å². The zero-order chi connectivity index (χ0) is 22.7. The topological polar surface area (TPSA) is 103 Å². The van der Waals surface area contributed by atoms with Crippen LogP contribution in [0.2, 0.25) is 5.02 Å². The molecule has 10 heteroatoms. The first-order chi connectivity index (χ1) is 15.3. The van der Waals surface area contributed by atoms with E-state index in [2.05, 4.69) is 10.0 Å². The van der Waals surface area contributed by atoms with Crippen LogP contribution >= 0.6 is 11.6 Å². The van der Waals surface area contributed by atoms with Crippen LogP contribution in [0.3, 0.4) is 0 Å². The van der Waals surface area contributed by atoms with Crippen molar-refractivity contribution in [3.63, 3.8) is 0 Å². The smallest absolute Gasteiger partial charge is 0.251 e. The Balaban J connectivity index is 1.46. The van der Waals surface area contributed by atoms with Crippen molar-refractivity contribution in [1.29, 1.82) is 0 Å². The van der Waals surface area contributed by atoms with Gasteiger partial charge in [0, 0.05) is 18.7 Å². The minimum absolute atomic E-state index is 0.0428. The second kappa shape index (κ2) is 9.66. The highest BCUT2D eigenvalue weighted by molar-refractivity contribution is 7.89. The number of nitrogens with one attached hydrogen (secondary N) is 2. The average Bonchev–Trinajstić information content (AvgIpc) is 3.31. The lowest BCUT2D eigenvalue weighted by molar-refractivity contribution is 0.0939. The predicted octanol–water partition coefficient (Wildman–Crippen LogP) is 3.06. The summed E-state index contributed by atoms with van der Waals surface area (Å²) < 4.78 is 44.6. The van der Waals surface area contributed by atoms with Crippen LogP contribution in [0.4, 0.5) is 0 Å². The summed E-state index contributed by atoms with van der Waals surface area (Å²) in [5.41, 5.74) is 1.03. The van der Waals surface area contributed by atoms with Gasteiger partial charge in [0.1, 0.15) is 18.1 Å². The molecule has 2 aliphatic heterocycles. The molecular formula is C22H25ClN2O6S. The number of carbonyl (C=O) groups excluding carboxylic acids is 1. The molecule has 0 aliphatic carbocycles. The number of sulfonamides is 1. The fourth-order valence-corrected chi connectivity index (χ4v) is 5.22. The number of hydrogen-bond donors (Lipinski definition) is 2. The number of fused-ring (bicyclic) bond motifs is 1. The molecule has 2 heterocycles. The first-order valence-corrected chi connectivity index (χ1v) is 12.3. The van der Waals surface area contributed by atoms with Gasteiger partial charge in [-0.25, -0.2) is 13.1 Å². The van der Waals surface area contributed by atoms with Crippen LogP contribution in [0, 0.1) is 0 Å². The maximum atomic E-state index is 12.8. The molecule has 8 nitrogen and oxygen atoms in total. The standard InChI is InChI=1S/C22H25ClN2O6S/c1-14(15-5-7-19-20(11-15)31-10-9-30-19)25-22(26)16-4-6-18(23)21(12-16)32(27,28)24-13-17-3-2-8-29-17/h4-7,11-12,14,17,24H,2-3,8-10,13H2,1H3,(H,25,26). The first kappa shape index (κ1) is 22.8. The number of ether oxygens (including phenoxy) is 3. The Labute approximate surface area is 192 Å². The van der Waals surface area contributed by atoms with Crippen molar-refractivity contribution < 1.29 is 27.4 Å². The van der Waals surface area contributed by atoms with E-state index in [4.69, 9.17) is 25.8 Å². The van der Waals surface area contributed by atoms with Gasteiger partial charge in [0.25, 0.3) is 5.91 Å². The summed E-state index contributed by atoms with van der Waals surface area (Å²) in [6.07, 6.45) is 1.56. The first-order valence-electron chi connectivity index (χ1n) is 10.4. The molecule has 0 bridgehead atoms. The summed E-state index contributed by atoms with van der Waals surface area (Å²) in [5, 5.41) is 2.92. The van der Waals surface area contributed by atoms with E-state index in [1.54, 1.807) is 6.07 Å². The third-order valence-corrected chi connectivity index (χ3v) is 7.33. The zero-order valence-electron chi connectivity index (χ0n) is 17.6. The third kappa shape index (κ3) is 5.17. The Bertz CT molecular complexity index is 1100. The van der Waals surface area contributed by atoms with Crippen molar-refractivity contribution in [3.05, 3.63) is 52.5 Å². The fraction of sp³-hybridized carbons (Fsp3) is 0.409. The van der Waals surface area contributed by atoms with E-state index in [1.165, 1.54) is 18.2 Å². The summed E-state index contributed by atoms with van der Waals surface area (Å²) in [6.45, 7) is 3.60. The van der Waals surface area contributed by atoms with Gasteiger partial charge in [-0.3, -0.25) is 4.79 Å². The lowest BCUT2D eigenvalue weighted by atomic mass is 10.1. The second-order valence-corrected chi connectivity index (χ2v) is 9.87. The van der Waals surface area contributed by atoms with Gasteiger partial charge in [0.05, 0.1) is 17.2 Å². The van der Waals surface area contributed by atoms with Gasteiger partial charge in [-0.1, -0.05) is 17.7 Å². The highest BCUT2D eigenvalue weighted by Crippen LogP contribution is 2.32. The van der Waals surface area contributed by atoms with Crippen molar-refractivity contribution >= 4 is 27.5 Å². The monoisotopic (exact) mass is 480 g/mol. The average molecular weight is 481 g/mol. The molecule has 32 heavy (non-hydrogen) atoms. The van der Waals surface area contributed by atoms with Crippen LogP contribution in [0.5, 0.6) is 11.5 Å². The number of hydrogen-bond acceptors (Lipinski definition) is 6. The number of halogens is 1. The van der Waals surface area contributed by atoms with E-state index in [0.717, 1.165) is 18.4 Å². The normalized spacial score (nSPS) is 18.9. The molecule has 2 aliphatic rings. The van der Waals surface area contributed by atoms with Gasteiger partial charge < -0.3 is 19.5 Å². The number of benzene rings is 2. The molecule has 2 atom stereocenters. The number of carbonyl (C=O) groups is 1.